The van der Waals surface area contributed by atoms with E-state index in [4.69, 9.17) is 4.42 Å². The molecule has 0 aliphatic carbocycles. The summed E-state index contributed by atoms with van der Waals surface area (Å²) in [7, 11) is 0. The van der Waals surface area contributed by atoms with Crippen molar-refractivity contribution in [2.45, 2.75) is 19.9 Å². The second-order valence-corrected chi connectivity index (χ2v) is 7.61. The fourth-order valence-electron chi connectivity index (χ4n) is 3.38. The number of amides is 2. The lowest BCUT2D eigenvalue weighted by atomic mass is 10.0. The molecule has 29 heavy (non-hydrogen) atoms. The first kappa shape index (κ1) is 20.9. The molecule has 0 spiro atoms. The van der Waals surface area contributed by atoms with Crippen molar-refractivity contribution in [1.82, 2.24) is 15.1 Å². The summed E-state index contributed by atoms with van der Waals surface area (Å²) in [5, 5.41) is 2.83. The van der Waals surface area contributed by atoms with Crippen molar-refractivity contribution in [3.8, 4) is 0 Å². The molecule has 0 radical (unpaired) electrons. The Hall–Kier alpha value is -2.86. The molecule has 0 saturated carbocycles. The van der Waals surface area contributed by atoms with E-state index in [1.54, 1.807) is 12.1 Å². The van der Waals surface area contributed by atoms with Gasteiger partial charge in [-0.25, -0.2) is 0 Å². The van der Waals surface area contributed by atoms with Gasteiger partial charge in [0.2, 0.25) is 5.91 Å². The Labute approximate surface area is 172 Å². The van der Waals surface area contributed by atoms with Crippen molar-refractivity contribution >= 4 is 17.9 Å². The van der Waals surface area contributed by atoms with E-state index in [0.717, 1.165) is 19.6 Å². The lowest BCUT2D eigenvalue weighted by molar-refractivity contribution is -0.136. The average Bonchev–Trinajstić information content (AvgIpc) is 3.27. The summed E-state index contributed by atoms with van der Waals surface area (Å²) in [4.78, 5) is 29.5. The zero-order valence-corrected chi connectivity index (χ0v) is 17.1. The zero-order chi connectivity index (χ0) is 20.6. The Bertz CT molecular complexity index is 807. The molecule has 2 aromatic rings. The Morgan fingerprint density at radius 2 is 1.79 bits per heavy atom. The molecular formula is C23H29N3O3. The minimum Gasteiger partial charge on any atom is -0.459 e. The molecule has 1 atom stereocenters. The minimum atomic E-state index is -0.558. The van der Waals surface area contributed by atoms with E-state index in [1.807, 2.05) is 36.9 Å². The monoisotopic (exact) mass is 395 g/mol. The number of carbonyl (C=O) groups is 2. The maximum Gasteiger partial charge on any atom is 0.287 e. The summed E-state index contributed by atoms with van der Waals surface area (Å²) >= 11 is 0. The normalized spacial score (nSPS) is 16.3. The Morgan fingerprint density at radius 1 is 1.07 bits per heavy atom. The van der Waals surface area contributed by atoms with E-state index in [1.165, 1.54) is 11.8 Å². The topological polar surface area (TPSA) is 65.8 Å². The van der Waals surface area contributed by atoms with Crippen LogP contribution in [0.15, 0.2) is 59.2 Å². The summed E-state index contributed by atoms with van der Waals surface area (Å²) in [6.07, 6.45) is 5.73. The van der Waals surface area contributed by atoms with Gasteiger partial charge in [-0.2, -0.15) is 0 Å². The predicted octanol–water partition coefficient (Wildman–Crippen LogP) is 2.89. The van der Waals surface area contributed by atoms with Crippen LogP contribution in [0.3, 0.4) is 0 Å². The lowest BCUT2D eigenvalue weighted by Gasteiger charge is -2.36. The maximum atomic E-state index is 13.0. The van der Waals surface area contributed by atoms with Crippen LogP contribution in [-0.2, 0) is 4.79 Å². The van der Waals surface area contributed by atoms with Gasteiger partial charge in [0, 0.05) is 32.7 Å². The molecule has 2 heterocycles. The molecule has 6 nitrogen and oxygen atoms in total. The molecular weight excluding hydrogens is 366 g/mol. The number of benzene rings is 1. The van der Waals surface area contributed by atoms with E-state index >= 15 is 0 Å². The summed E-state index contributed by atoms with van der Waals surface area (Å²) in [5.74, 6) is -0.169. The fourth-order valence-corrected chi connectivity index (χ4v) is 3.38. The number of carbonyl (C=O) groups excluding carboxylic acids is 2. The molecule has 1 aliphatic heterocycles. The molecule has 2 amide bonds. The smallest absolute Gasteiger partial charge is 0.287 e. The summed E-state index contributed by atoms with van der Waals surface area (Å²) < 4.78 is 5.13. The molecule has 1 N–H and O–H groups in total. The molecule has 3 rings (SSSR count). The van der Waals surface area contributed by atoms with Gasteiger partial charge in [0.25, 0.3) is 5.91 Å². The van der Waals surface area contributed by atoms with Crippen LogP contribution in [0.1, 0.15) is 30.0 Å². The molecule has 1 saturated heterocycles. The highest BCUT2D eigenvalue weighted by molar-refractivity contribution is 5.95. The molecule has 1 aromatic carbocycles. The van der Waals surface area contributed by atoms with Crippen LogP contribution in [0.2, 0.25) is 0 Å². The Kier molecular flexibility index (Phi) is 7.25. The van der Waals surface area contributed by atoms with Gasteiger partial charge in [0.15, 0.2) is 5.76 Å². The number of nitrogens with zero attached hydrogens (tertiary/aromatic N) is 2. The van der Waals surface area contributed by atoms with E-state index in [0.29, 0.717) is 13.1 Å². The highest BCUT2D eigenvalue weighted by Crippen LogP contribution is 2.12. The average molecular weight is 396 g/mol. The third kappa shape index (κ3) is 5.81. The van der Waals surface area contributed by atoms with Crippen molar-refractivity contribution in [3.05, 3.63) is 66.1 Å². The molecule has 154 valence electrons. The number of furan rings is 1. The maximum absolute atomic E-state index is 13.0. The molecule has 1 aromatic heterocycles. The van der Waals surface area contributed by atoms with Gasteiger partial charge in [-0.05, 0) is 23.6 Å². The highest BCUT2D eigenvalue weighted by Gasteiger charge is 2.31. The summed E-state index contributed by atoms with van der Waals surface area (Å²) in [5.41, 5.74) is 1.19. The van der Waals surface area contributed by atoms with Gasteiger partial charge in [-0.15, -0.1) is 0 Å². The zero-order valence-electron chi connectivity index (χ0n) is 17.1. The quantitative estimate of drug-likeness (QED) is 0.783. The molecule has 0 unspecified atom stereocenters. The van der Waals surface area contributed by atoms with Gasteiger partial charge in [0.05, 0.1) is 6.26 Å². The van der Waals surface area contributed by atoms with Crippen LogP contribution in [0.5, 0.6) is 0 Å². The SMILES string of the molecule is CC(C)[C@H](NC(=O)c1ccco1)C(=O)N1CCN(C/C=C/c2ccccc2)CC1. The minimum absolute atomic E-state index is 0.00625. The van der Waals surface area contributed by atoms with Crippen LogP contribution >= 0.6 is 0 Å². The Morgan fingerprint density at radius 3 is 2.41 bits per heavy atom. The van der Waals surface area contributed by atoms with Crippen molar-refractivity contribution < 1.29 is 14.0 Å². The van der Waals surface area contributed by atoms with Crippen molar-refractivity contribution in [2.24, 2.45) is 5.92 Å². The van der Waals surface area contributed by atoms with Crippen molar-refractivity contribution in [3.63, 3.8) is 0 Å². The predicted molar refractivity (Wildman–Crippen MR) is 113 cm³/mol. The standard InChI is InChI=1S/C23H29N3O3/c1-18(2)21(24-22(27)20-11-7-17-29-20)23(28)26-15-13-25(14-16-26)12-6-10-19-8-4-3-5-9-19/h3-11,17-18,21H,12-16H2,1-2H3,(H,24,27)/b10-6+/t21-/m0/s1. The largest absolute Gasteiger partial charge is 0.459 e. The number of hydrogen-bond donors (Lipinski definition) is 1. The first-order valence-corrected chi connectivity index (χ1v) is 10.1. The molecule has 0 bridgehead atoms. The summed E-state index contributed by atoms with van der Waals surface area (Å²) in [6, 6.07) is 12.9. The summed E-state index contributed by atoms with van der Waals surface area (Å²) in [6.45, 7) is 7.71. The van der Waals surface area contributed by atoms with Crippen molar-refractivity contribution in [2.75, 3.05) is 32.7 Å². The van der Waals surface area contributed by atoms with E-state index in [2.05, 4.69) is 34.5 Å². The second-order valence-electron chi connectivity index (χ2n) is 7.61. The van der Waals surface area contributed by atoms with Gasteiger partial charge >= 0.3 is 0 Å². The van der Waals surface area contributed by atoms with Gasteiger partial charge in [-0.3, -0.25) is 14.5 Å². The second kappa shape index (κ2) is 10.1. The number of nitrogens with one attached hydrogen (secondary N) is 1. The van der Waals surface area contributed by atoms with Gasteiger partial charge < -0.3 is 14.6 Å². The van der Waals surface area contributed by atoms with Crippen LogP contribution in [0.4, 0.5) is 0 Å². The van der Waals surface area contributed by atoms with Crippen LogP contribution in [-0.4, -0.2) is 60.4 Å². The third-order valence-electron chi connectivity index (χ3n) is 5.12. The fraction of sp³-hybridized carbons (Fsp3) is 0.391. The van der Waals surface area contributed by atoms with Crippen LogP contribution < -0.4 is 5.32 Å². The number of hydrogen-bond acceptors (Lipinski definition) is 4. The van der Waals surface area contributed by atoms with E-state index in [9.17, 15) is 9.59 Å². The third-order valence-corrected chi connectivity index (χ3v) is 5.12. The van der Waals surface area contributed by atoms with Gasteiger partial charge in [-0.1, -0.05) is 56.3 Å². The number of piperazine rings is 1. The first-order chi connectivity index (χ1) is 14.0. The molecule has 6 heteroatoms. The Balaban J connectivity index is 1.49. The van der Waals surface area contributed by atoms with Gasteiger partial charge in [0.1, 0.15) is 6.04 Å². The van der Waals surface area contributed by atoms with Crippen LogP contribution in [0, 0.1) is 5.92 Å². The van der Waals surface area contributed by atoms with Crippen molar-refractivity contribution in [1.29, 1.82) is 0 Å². The number of rotatable bonds is 7. The van der Waals surface area contributed by atoms with E-state index in [-0.39, 0.29) is 23.5 Å². The van der Waals surface area contributed by atoms with Crippen LogP contribution in [0.25, 0.3) is 6.08 Å². The molecule has 1 fully saturated rings. The highest BCUT2D eigenvalue weighted by atomic mass is 16.3. The molecule has 1 aliphatic rings. The van der Waals surface area contributed by atoms with E-state index < -0.39 is 6.04 Å². The first-order valence-electron chi connectivity index (χ1n) is 10.1. The lowest BCUT2D eigenvalue weighted by Crippen LogP contribution is -2.56.